The molecule has 0 aromatic carbocycles. The minimum Gasteiger partial charge on any atom is -0.372 e. The Kier molecular flexibility index (Phi) is 3.70. The second-order valence-electron chi connectivity index (χ2n) is 3.02. The smallest absolute Gasteiger partial charge is 0.135 e. The number of hydrazine groups is 1. The van der Waals surface area contributed by atoms with Crippen molar-refractivity contribution in [1.82, 2.24) is 10.7 Å². The van der Waals surface area contributed by atoms with Crippen molar-refractivity contribution in [2.75, 3.05) is 7.05 Å². The lowest BCUT2D eigenvalue weighted by Gasteiger charge is -2.11. The third kappa shape index (κ3) is 2.60. The molecule has 74 valence electrons. The molecule has 1 rings (SSSR count). The van der Waals surface area contributed by atoms with Crippen LogP contribution in [-0.2, 0) is 0 Å². The van der Waals surface area contributed by atoms with Crippen LogP contribution in [0, 0.1) is 0 Å². The topological polar surface area (TPSA) is 74.8 Å². The van der Waals surface area contributed by atoms with E-state index in [4.69, 9.17) is 13.7 Å². The van der Waals surface area contributed by atoms with E-state index < -0.39 is 0 Å². The Hall–Kier alpha value is -1.30. The molecule has 0 aromatic heterocycles. The van der Waals surface area contributed by atoms with E-state index in [1.165, 1.54) is 0 Å². The monoisotopic (exact) mass is 191 g/mol. The molecule has 0 saturated heterocycles. The molecule has 1 atom stereocenters. The minimum atomic E-state index is -0.122. The van der Waals surface area contributed by atoms with Crippen molar-refractivity contribution < 1.29 is 0 Å². The van der Waals surface area contributed by atoms with E-state index in [1.807, 2.05) is 6.92 Å². The molecule has 1 heterocycles. The van der Waals surface area contributed by atoms with Gasteiger partial charge in [-0.3, -0.25) is 0 Å². The zero-order valence-corrected chi connectivity index (χ0v) is 8.41. The molecule has 5 nitrogen and oxygen atoms in total. The summed E-state index contributed by atoms with van der Waals surface area (Å²) in [5, 5.41) is 2.92. The maximum atomic E-state index is 5.78. The molecule has 14 heavy (non-hydrogen) atoms. The second-order valence-corrected chi connectivity index (χ2v) is 3.02. The summed E-state index contributed by atoms with van der Waals surface area (Å²) in [6.45, 7) is 1.82. The molecule has 0 spiro atoms. The van der Waals surface area contributed by atoms with Crippen molar-refractivity contribution in [3.63, 3.8) is 0 Å². The Balaban J connectivity index is 2.99. The first-order valence-electron chi connectivity index (χ1n) is 4.40. The Morgan fingerprint density at radius 2 is 2.43 bits per heavy atom. The van der Waals surface area contributed by atoms with E-state index in [-0.39, 0.29) is 5.82 Å². The molecular weight excluding hydrogens is 177 g/mol. The number of nitrogens with two attached hydrogens (primary N) is 1. The maximum Gasteiger partial charge on any atom is 0.135 e. The van der Waals surface area contributed by atoms with E-state index in [1.54, 1.807) is 13.3 Å². The van der Waals surface area contributed by atoms with Crippen molar-refractivity contribution >= 4 is 19.9 Å². The Morgan fingerprint density at radius 1 is 1.71 bits per heavy atom. The molecule has 4 N–H and O–H groups in total. The van der Waals surface area contributed by atoms with Crippen molar-refractivity contribution in [2.45, 2.75) is 19.2 Å². The molecule has 0 aliphatic carbocycles. The van der Waals surface area contributed by atoms with E-state index in [0.717, 1.165) is 5.70 Å². The summed E-state index contributed by atoms with van der Waals surface area (Å²) in [5.74, 6) is 6.56. The molecule has 1 aliphatic rings. The Bertz CT molecular complexity index is 288. The van der Waals surface area contributed by atoms with Crippen molar-refractivity contribution in [2.24, 2.45) is 15.8 Å². The Labute approximate surface area is 85.0 Å². The lowest BCUT2D eigenvalue weighted by molar-refractivity contribution is 0.742. The number of hydrogen-bond donors (Lipinski definition) is 3. The minimum absolute atomic E-state index is 0.122. The first-order valence-corrected chi connectivity index (χ1v) is 4.40. The molecule has 6 heteroatoms. The quantitative estimate of drug-likeness (QED) is 0.318. The fourth-order valence-corrected chi connectivity index (χ4v) is 1.21. The van der Waals surface area contributed by atoms with Gasteiger partial charge in [-0.1, -0.05) is 0 Å². The van der Waals surface area contributed by atoms with Crippen LogP contribution in [0.15, 0.2) is 21.5 Å². The van der Waals surface area contributed by atoms with Gasteiger partial charge in [0.15, 0.2) is 0 Å². The zero-order chi connectivity index (χ0) is 10.6. The third-order valence-corrected chi connectivity index (χ3v) is 1.86. The SMILES string of the molecule is [B]C1C=NC(C)=N/C(=C(/NC)NN)C1. The fraction of sp³-hybridized carbons (Fsp3) is 0.500. The number of nitrogens with zero attached hydrogens (tertiary/aromatic N) is 2. The number of rotatable bonds is 2. The van der Waals surface area contributed by atoms with Gasteiger partial charge in [0.05, 0.1) is 13.5 Å². The zero-order valence-electron chi connectivity index (χ0n) is 8.41. The van der Waals surface area contributed by atoms with E-state index in [2.05, 4.69) is 20.7 Å². The van der Waals surface area contributed by atoms with Crippen LogP contribution in [-0.4, -0.2) is 26.9 Å². The molecule has 0 amide bonds. The van der Waals surface area contributed by atoms with Crippen molar-refractivity contribution in [1.29, 1.82) is 0 Å². The molecular formula is C8H14BN5. The highest BCUT2D eigenvalue weighted by Crippen LogP contribution is 2.18. The van der Waals surface area contributed by atoms with Gasteiger partial charge < -0.3 is 10.7 Å². The summed E-state index contributed by atoms with van der Waals surface area (Å²) in [6.07, 6.45) is 2.30. The van der Waals surface area contributed by atoms with Gasteiger partial charge in [0, 0.05) is 13.3 Å². The van der Waals surface area contributed by atoms with Crippen LogP contribution in [0.1, 0.15) is 13.3 Å². The average Bonchev–Trinajstić information content (AvgIpc) is 2.31. The summed E-state index contributed by atoms with van der Waals surface area (Å²) in [6, 6.07) is 0. The first kappa shape index (κ1) is 10.8. The van der Waals surface area contributed by atoms with Crippen LogP contribution in [0.5, 0.6) is 0 Å². The number of amidine groups is 1. The number of allylic oxidation sites excluding steroid dienone is 1. The summed E-state index contributed by atoms with van der Waals surface area (Å²) >= 11 is 0. The Morgan fingerprint density at radius 3 is 3.00 bits per heavy atom. The second kappa shape index (κ2) is 4.81. The predicted octanol–water partition coefficient (Wildman–Crippen LogP) is -0.312. The van der Waals surface area contributed by atoms with Crippen LogP contribution in [0.25, 0.3) is 0 Å². The summed E-state index contributed by atoms with van der Waals surface area (Å²) in [5.41, 5.74) is 3.33. The highest BCUT2D eigenvalue weighted by atomic mass is 15.3. The lowest BCUT2D eigenvalue weighted by atomic mass is 9.85. The predicted molar refractivity (Wildman–Crippen MR) is 59.1 cm³/mol. The standard InChI is InChI=1S/C8H14BN5/c1-5-12-4-6(9)3-7(13-5)8(11-2)14-10/h4,6,11,14H,3,10H2,1-2H3/b8-7-. The number of nitrogens with one attached hydrogen (secondary N) is 2. The molecule has 0 aromatic rings. The maximum absolute atomic E-state index is 5.78. The lowest BCUT2D eigenvalue weighted by Crippen LogP contribution is -2.30. The van der Waals surface area contributed by atoms with E-state index >= 15 is 0 Å². The van der Waals surface area contributed by atoms with Gasteiger partial charge in [0.25, 0.3) is 0 Å². The summed E-state index contributed by atoms with van der Waals surface area (Å²) in [7, 11) is 7.55. The van der Waals surface area contributed by atoms with E-state index in [9.17, 15) is 0 Å². The van der Waals surface area contributed by atoms with Gasteiger partial charge >= 0.3 is 0 Å². The largest absolute Gasteiger partial charge is 0.372 e. The highest BCUT2D eigenvalue weighted by Gasteiger charge is 2.11. The van der Waals surface area contributed by atoms with Crippen LogP contribution in [0.3, 0.4) is 0 Å². The van der Waals surface area contributed by atoms with Crippen LogP contribution >= 0.6 is 0 Å². The van der Waals surface area contributed by atoms with Gasteiger partial charge in [-0.15, -0.1) is 0 Å². The molecule has 0 bridgehead atoms. The fourth-order valence-electron chi connectivity index (χ4n) is 1.21. The highest BCUT2D eigenvalue weighted by molar-refractivity contribution is 6.21. The van der Waals surface area contributed by atoms with Crippen molar-refractivity contribution in [3.8, 4) is 0 Å². The summed E-state index contributed by atoms with van der Waals surface area (Å²) in [4.78, 5) is 8.36. The third-order valence-electron chi connectivity index (χ3n) is 1.86. The molecule has 0 fully saturated rings. The molecule has 0 saturated carbocycles. The average molecular weight is 191 g/mol. The van der Waals surface area contributed by atoms with Crippen LogP contribution < -0.4 is 16.6 Å². The van der Waals surface area contributed by atoms with E-state index in [0.29, 0.717) is 18.1 Å². The van der Waals surface area contributed by atoms with Crippen LogP contribution in [0.4, 0.5) is 0 Å². The molecule has 1 aliphatic heterocycles. The van der Waals surface area contributed by atoms with Gasteiger partial charge in [-0.25, -0.2) is 15.8 Å². The van der Waals surface area contributed by atoms with Crippen molar-refractivity contribution in [3.05, 3.63) is 11.5 Å². The molecule has 1 unspecified atom stereocenters. The van der Waals surface area contributed by atoms with Gasteiger partial charge in [0.2, 0.25) is 0 Å². The van der Waals surface area contributed by atoms with Gasteiger partial charge in [0.1, 0.15) is 11.7 Å². The summed E-state index contributed by atoms with van der Waals surface area (Å²) < 4.78 is 0. The number of aliphatic imine (C=N–C) groups is 2. The van der Waals surface area contributed by atoms with Gasteiger partial charge in [-0.05, 0) is 19.2 Å². The van der Waals surface area contributed by atoms with Crippen LogP contribution in [0.2, 0.25) is 5.82 Å². The first-order chi connectivity index (χ1) is 6.67. The number of hydrogen-bond acceptors (Lipinski definition) is 5. The van der Waals surface area contributed by atoms with Gasteiger partial charge in [-0.2, -0.15) is 0 Å². The molecule has 2 radical (unpaired) electrons. The normalized spacial score (nSPS) is 25.1.